The van der Waals surface area contributed by atoms with E-state index in [0.717, 1.165) is 0 Å². The van der Waals surface area contributed by atoms with Crippen LogP contribution in [0.4, 0.5) is 0 Å². The quantitative estimate of drug-likeness (QED) is 0.188. The number of benzene rings is 8. The van der Waals surface area contributed by atoms with Crippen molar-refractivity contribution < 1.29 is 38.4 Å². The highest BCUT2D eigenvalue weighted by Gasteiger charge is 2.18. The lowest BCUT2D eigenvalue weighted by molar-refractivity contribution is 1.61. The van der Waals surface area contributed by atoms with Crippen LogP contribution in [0.15, 0.2) is 169 Å². The highest BCUT2D eigenvalue weighted by atomic mass is 14.2. The summed E-state index contributed by atoms with van der Waals surface area (Å²) in [6.07, 6.45) is 0. The van der Waals surface area contributed by atoms with Crippen molar-refractivity contribution in [3.8, 4) is 44.5 Å². The molecule has 0 nitrogen and oxygen atoms in total. The Morgan fingerprint density at radius 1 is 0.262 bits per heavy atom. The van der Waals surface area contributed by atoms with Crippen LogP contribution in [0.3, 0.4) is 0 Å². The lowest BCUT2D eigenvalue weighted by Crippen LogP contribution is -1.92. The molecule has 0 amide bonds. The number of hydrogen-bond acceptors (Lipinski definition) is 0. The molecule has 42 heavy (non-hydrogen) atoms. The molecule has 0 heteroatoms. The Labute approximate surface area is 285 Å². The fourth-order valence-electron chi connectivity index (χ4n) is 4.59. The maximum absolute atomic E-state index is 9.98. The molecule has 0 aliphatic heterocycles. The van der Waals surface area contributed by atoms with Gasteiger partial charge in [0.25, 0.3) is 0 Å². The van der Waals surface area contributed by atoms with E-state index < -0.39 is 246 Å². The second-order valence-corrected chi connectivity index (χ2v) is 8.75. The average Bonchev–Trinajstić information content (AvgIpc) is 3.32. The van der Waals surface area contributed by atoms with Gasteiger partial charge < -0.3 is 0 Å². The maximum Gasteiger partial charge on any atom is 0.0636 e. The minimum atomic E-state index is -1.14. The van der Waals surface area contributed by atoms with Crippen molar-refractivity contribution in [2.75, 3.05) is 0 Å². The summed E-state index contributed by atoms with van der Waals surface area (Å²) in [5.41, 5.74) is -6.88. The van der Waals surface area contributed by atoms with Crippen molar-refractivity contribution in [2.45, 2.75) is 0 Å². The molecule has 0 saturated carbocycles. The van der Waals surface area contributed by atoms with E-state index in [-0.39, 0.29) is 0 Å². The van der Waals surface area contributed by atoms with Crippen LogP contribution in [0.25, 0.3) is 76.8 Å². The van der Waals surface area contributed by atoms with Gasteiger partial charge in [0.15, 0.2) is 0 Å². The first-order valence-electron chi connectivity index (χ1n) is 26.2. The predicted molar refractivity (Wildman–Crippen MR) is 181 cm³/mol. The van der Waals surface area contributed by atoms with Gasteiger partial charge in [-0.25, -0.2) is 0 Å². The Kier molecular flexibility index (Phi) is 2.19. The first kappa shape index (κ1) is 9.02. The largest absolute Gasteiger partial charge is 0.0636 e. The lowest BCUT2D eigenvalue weighted by atomic mass is 9.84. The van der Waals surface area contributed by atoms with E-state index in [9.17, 15) is 11.0 Å². The van der Waals surface area contributed by atoms with E-state index in [2.05, 4.69) is 0 Å². The SMILES string of the molecule is [2H]c1c([2H])c([2H])c(-c2c([2H])c([2H])c([2H])c(-c3c4c([2H])c([2H])c([2H])c([2H])c4c(-c4c([2H])c([2H])c([2H])c([2H])c4[2H])c4c([2H])c(-c5c([2H])c([2H])c6c([2H])c([2H])c([2H])c([2H])c6c5[2H])c([2H])c([2H])c34)c2[2H])c([2H])c1[2H]. The molecular formula is C42H28. The van der Waals surface area contributed by atoms with E-state index in [1.165, 1.54) is 0 Å². The molecule has 0 atom stereocenters. The third-order valence-electron chi connectivity index (χ3n) is 6.38. The summed E-state index contributed by atoms with van der Waals surface area (Å²) in [6.45, 7) is 0. The first-order valence-corrected chi connectivity index (χ1v) is 12.2. The first-order chi connectivity index (χ1) is 32.5. The van der Waals surface area contributed by atoms with E-state index >= 15 is 0 Å². The van der Waals surface area contributed by atoms with Crippen LogP contribution in [0.1, 0.15) is 38.4 Å². The van der Waals surface area contributed by atoms with E-state index in [4.69, 9.17) is 27.4 Å². The Bertz CT molecular complexity index is 3740. The second kappa shape index (κ2) is 10.2. The topological polar surface area (TPSA) is 0 Å². The van der Waals surface area contributed by atoms with Gasteiger partial charge in [-0.05, 0) is 95.0 Å². The predicted octanol–water partition coefficient (Wildman–Crippen LogP) is 11.8. The van der Waals surface area contributed by atoms with Crippen LogP contribution in [0, 0.1) is 0 Å². The molecule has 0 aromatic heterocycles. The highest BCUT2D eigenvalue weighted by molar-refractivity contribution is 6.22. The Morgan fingerprint density at radius 2 is 0.762 bits per heavy atom. The van der Waals surface area contributed by atoms with E-state index in [0.29, 0.717) is 0 Å². The van der Waals surface area contributed by atoms with Gasteiger partial charge in [0.2, 0.25) is 0 Å². The Morgan fingerprint density at radius 3 is 1.52 bits per heavy atom. The van der Waals surface area contributed by atoms with E-state index in [1.807, 2.05) is 0 Å². The fraction of sp³-hybridized carbons (Fsp3) is 0. The van der Waals surface area contributed by atoms with Crippen LogP contribution < -0.4 is 0 Å². The van der Waals surface area contributed by atoms with Gasteiger partial charge in [0.05, 0.1) is 38.4 Å². The van der Waals surface area contributed by atoms with Crippen LogP contribution in [-0.2, 0) is 0 Å². The molecule has 0 N–H and O–H groups in total. The molecule has 0 aliphatic rings. The number of rotatable bonds is 4. The molecular weight excluding hydrogens is 504 g/mol. The summed E-state index contributed by atoms with van der Waals surface area (Å²) in [5.74, 6) is 0. The standard InChI is InChI=1S/C42H28/c1-3-12-29(13-4-1)33-18-11-19-36(27-33)42-38-21-10-9-20-37(38)41(31-15-5-2-6-16-31)40-28-35(24-25-39(40)42)34-23-22-30-14-7-8-17-32(30)26-34/h1-28H/i1D,2D,3D,4D,5D,6D,7D,8D,9D,10D,11D,12D,13D,14D,15D,16D,17D,18D,19D,20D,21D,22D,23D,24D,25D,26D,27D,28D. The normalized spacial score (nSPS) is 20.7. The molecule has 196 valence electrons. The zero-order valence-corrected chi connectivity index (χ0v) is 21.0. The fourth-order valence-corrected chi connectivity index (χ4v) is 4.59. The van der Waals surface area contributed by atoms with Crippen molar-refractivity contribution in [1.29, 1.82) is 0 Å². The van der Waals surface area contributed by atoms with Gasteiger partial charge in [-0.1, -0.05) is 151 Å². The second-order valence-electron chi connectivity index (χ2n) is 8.75. The van der Waals surface area contributed by atoms with Crippen molar-refractivity contribution in [3.63, 3.8) is 0 Å². The third kappa shape index (κ3) is 4.17. The van der Waals surface area contributed by atoms with Gasteiger partial charge in [-0.15, -0.1) is 0 Å². The zero-order chi connectivity index (χ0) is 52.2. The summed E-state index contributed by atoms with van der Waals surface area (Å²) >= 11 is 0. The molecule has 8 aromatic rings. The van der Waals surface area contributed by atoms with E-state index in [1.54, 1.807) is 0 Å². The Balaban J connectivity index is 1.78. The third-order valence-corrected chi connectivity index (χ3v) is 6.38. The van der Waals surface area contributed by atoms with Crippen molar-refractivity contribution in [3.05, 3.63) is 169 Å². The van der Waals surface area contributed by atoms with Gasteiger partial charge in [-0.2, -0.15) is 0 Å². The van der Waals surface area contributed by atoms with Crippen LogP contribution >= 0.6 is 0 Å². The Hall–Kier alpha value is -5.46. The van der Waals surface area contributed by atoms with Gasteiger partial charge in [0, 0.05) is 0 Å². The smallest absolute Gasteiger partial charge is 0.0622 e. The molecule has 8 aromatic carbocycles. The zero-order valence-electron chi connectivity index (χ0n) is 49.0. The highest BCUT2D eigenvalue weighted by Crippen LogP contribution is 2.45. The van der Waals surface area contributed by atoms with Crippen LogP contribution in [-0.4, -0.2) is 0 Å². The van der Waals surface area contributed by atoms with Crippen LogP contribution in [0.2, 0.25) is 0 Å². The summed E-state index contributed by atoms with van der Waals surface area (Å²) in [5, 5.41) is -4.56. The summed E-state index contributed by atoms with van der Waals surface area (Å²) < 4.78 is 249. The number of hydrogen-bond donors (Lipinski definition) is 0. The van der Waals surface area contributed by atoms with Crippen molar-refractivity contribution in [1.82, 2.24) is 0 Å². The average molecular weight is 561 g/mol. The van der Waals surface area contributed by atoms with Gasteiger partial charge in [0.1, 0.15) is 0 Å². The molecule has 0 spiro atoms. The molecule has 0 fully saturated rings. The monoisotopic (exact) mass is 560 g/mol. The minimum absolute atomic E-state index is 0.594. The molecule has 0 bridgehead atoms. The van der Waals surface area contributed by atoms with Crippen molar-refractivity contribution in [2.24, 2.45) is 0 Å². The molecule has 0 radical (unpaired) electrons. The summed E-state index contributed by atoms with van der Waals surface area (Å²) in [4.78, 5) is 0. The lowest BCUT2D eigenvalue weighted by Gasteiger charge is -2.19. The van der Waals surface area contributed by atoms with Gasteiger partial charge in [-0.3, -0.25) is 0 Å². The summed E-state index contributed by atoms with van der Waals surface area (Å²) in [6, 6.07) is -27.8. The van der Waals surface area contributed by atoms with Crippen LogP contribution in [0.5, 0.6) is 0 Å². The minimum Gasteiger partial charge on any atom is -0.0622 e. The maximum atomic E-state index is 9.98. The van der Waals surface area contributed by atoms with Gasteiger partial charge >= 0.3 is 0 Å². The molecule has 0 aliphatic carbocycles. The molecule has 0 saturated heterocycles. The summed E-state index contributed by atoms with van der Waals surface area (Å²) in [7, 11) is 0. The molecule has 8 rings (SSSR count). The molecule has 0 unspecified atom stereocenters. The number of fused-ring (bicyclic) bond motifs is 3. The molecule has 0 heterocycles. The van der Waals surface area contributed by atoms with Crippen molar-refractivity contribution >= 4 is 32.3 Å².